The standard InChI is InChI=1S/C16H26NO3PS/c1-12(2)20-16(18)14(5)17-21(19,13(3)4)22-11-15-9-7-6-8-10-15/h6-10,12-14H,11H2,1-5H3,(H,17,19)/t14-,21?/m0/s1. The van der Waals surface area contributed by atoms with Crippen LogP contribution in [0.1, 0.15) is 40.2 Å². The maximum atomic E-state index is 13.1. The molecule has 0 amide bonds. The smallest absolute Gasteiger partial charge is 0.323 e. The lowest BCUT2D eigenvalue weighted by molar-refractivity contribution is -0.148. The second-order valence-corrected chi connectivity index (χ2v) is 11.2. The van der Waals surface area contributed by atoms with E-state index in [2.05, 4.69) is 5.09 Å². The fourth-order valence-corrected chi connectivity index (χ4v) is 6.20. The Bertz CT molecular complexity index is 519. The van der Waals surface area contributed by atoms with E-state index in [9.17, 15) is 9.36 Å². The van der Waals surface area contributed by atoms with Gasteiger partial charge in [0, 0.05) is 11.4 Å². The van der Waals surface area contributed by atoms with E-state index < -0.39 is 12.5 Å². The first-order valence-corrected chi connectivity index (χ1v) is 10.9. The fraction of sp³-hybridized carbons (Fsp3) is 0.562. The third-order valence-electron chi connectivity index (χ3n) is 3.02. The van der Waals surface area contributed by atoms with E-state index in [1.165, 1.54) is 11.4 Å². The van der Waals surface area contributed by atoms with Crippen molar-refractivity contribution in [1.29, 1.82) is 0 Å². The van der Waals surface area contributed by atoms with Crippen LogP contribution in [-0.4, -0.2) is 23.8 Å². The van der Waals surface area contributed by atoms with Gasteiger partial charge in [0.15, 0.2) is 0 Å². The van der Waals surface area contributed by atoms with Crippen LogP contribution in [-0.2, 0) is 19.8 Å². The third-order valence-corrected chi connectivity index (χ3v) is 9.10. The molecule has 1 unspecified atom stereocenters. The van der Waals surface area contributed by atoms with E-state index in [4.69, 9.17) is 4.74 Å². The molecule has 0 aliphatic carbocycles. The van der Waals surface area contributed by atoms with Gasteiger partial charge in [0.05, 0.1) is 6.10 Å². The summed E-state index contributed by atoms with van der Waals surface area (Å²) in [5.41, 5.74) is 1.06. The van der Waals surface area contributed by atoms with Gasteiger partial charge >= 0.3 is 5.97 Å². The van der Waals surface area contributed by atoms with E-state index in [-0.39, 0.29) is 17.7 Å². The lowest BCUT2D eigenvalue weighted by Gasteiger charge is -2.26. The minimum Gasteiger partial charge on any atom is -0.462 e. The number of carbonyl (C=O) groups excluding carboxylic acids is 1. The number of carbonyl (C=O) groups is 1. The quantitative estimate of drug-likeness (QED) is 0.558. The van der Waals surface area contributed by atoms with Crippen LogP contribution in [0, 0.1) is 0 Å². The van der Waals surface area contributed by atoms with Crippen molar-refractivity contribution >= 4 is 23.8 Å². The van der Waals surface area contributed by atoms with Crippen LogP contribution in [0.15, 0.2) is 30.3 Å². The van der Waals surface area contributed by atoms with Crippen LogP contribution in [0.4, 0.5) is 0 Å². The van der Waals surface area contributed by atoms with Crippen LogP contribution in [0.25, 0.3) is 0 Å². The minimum absolute atomic E-state index is 0.0597. The zero-order valence-electron chi connectivity index (χ0n) is 13.9. The van der Waals surface area contributed by atoms with Gasteiger partial charge in [-0.1, -0.05) is 55.6 Å². The zero-order valence-corrected chi connectivity index (χ0v) is 15.6. The summed E-state index contributed by atoms with van der Waals surface area (Å²) in [6.45, 7) is 6.38. The molecule has 6 heteroatoms. The van der Waals surface area contributed by atoms with Gasteiger partial charge in [-0.05, 0) is 26.3 Å². The molecule has 1 rings (SSSR count). The van der Waals surface area contributed by atoms with Gasteiger partial charge in [0.2, 0.25) is 6.49 Å². The third kappa shape index (κ3) is 6.15. The van der Waals surface area contributed by atoms with Crippen molar-refractivity contribution < 1.29 is 14.1 Å². The maximum absolute atomic E-state index is 13.1. The van der Waals surface area contributed by atoms with E-state index in [0.717, 1.165) is 5.56 Å². The van der Waals surface area contributed by atoms with E-state index in [1.54, 1.807) is 20.8 Å². The Morgan fingerprint density at radius 2 is 1.77 bits per heavy atom. The molecule has 124 valence electrons. The first-order valence-electron chi connectivity index (χ1n) is 7.51. The topological polar surface area (TPSA) is 55.4 Å². The van der Waals surface area contributed by atoms with Crippen LogP contribution in [0.3, 0.4) is 0 Å². The van der Waals surface area contributed by atoms with Crippen molar-refractivity contribution in [3.8, 4) is 0 Å². The average Bonchev–Trinajstić information content (AvgIpc) is 2.45. The first-order chi connectivity index (χ1) is 10.2. The Balaban J connectivity index is 2.70. The van der Waals surface area contributed by atoms with E-state index in [1.807, 2.05) is 44.2 Å². The summed E-state index contributed by atoms with van der Waals surface area (Å²) in [5.74, 6) is 0.283. The Labute approximate surface area is 137 Å². The number of rotatable bonds is 8. The molecule has 1 aromatic carbocycles. The van der Waals surface area contributed by atoms with Crippen LogP contribution < -0.4 is 5.09 Å². The predicted octanol–water partition coefficient (Wildman–Crippen LogP) is 4.45. The monoisotopic (exact) mass is 343 g/mol. The summed E-state index contributed by atoms with van der Waals surface area (Å²) >= 11 is 1.39. The van der Waals surface area contributed by atoms with Crippen molar-refractivity contribution in [3.63, 3.8) is 0 Å². The lowest BCUT2D eigenvalue weighted by Crippen LogP contribution is -2.35. The SMILES string of the molecule is CC(C)OC(=O)[C@H](C)NP(=O)(SCc1ccccc1)C(C)C. The number of ether oxygens (including phenoxy) is 1. The summed E-state index contributed by atoms with van der Waals surface area (Å²) in [6.07, 6.45) is -0.174. The number of esters is 1. The molecular formula is C16H26NO3PS. The summed E-state index contributed by atoms with van der Waals surface area (Å²) in [4.78, 5) is 11.9. The van der Waals surface area contributed by atoms with Crippen molar-refractivity contribution in [1.82, 2.24) is 5.09 Å². The van der Waals surface area contributed by atoms with Crippen LogP contribution >= 0.6 is 17.9 Å². The lowest BCUT2D eigenvalue weighted by atomic mass is 10.2. The average molecular weight is 343 g/mol. The second-order valence-electron chi connectivity index (χ2n) is 5.79. The highest BCUT2D eigenvalue weighted by Crippen LogP contribution is 2.60. The molecule has 0 saturated carbocycles. The second kappa shape index (κ2) is 8.76. The van der Waals surface area contributed by atoms with Crippen molar-refractivity contribution in [2.24, 2.45) is 0 Å². The maximum Gasteiger partial charge on any atom is 0.323 e. The summed E-state index contributed by atoms with van der Waals surface area (Å²) in [5, 5.41) is 3.01. The molecule has 1 aromatic rings. The van der Waals surface area contributed by atoms with Crippen LogP contribution in [0.5, 0.6) is 0 Å². The highest BCUT2D eigenvalue weighted by atomic mass is 32.7. The number of hydrogen-bond acceptors (Lipinski definition) is 4. The number of benzene rings is 1. The molecule has 22 heavy (non-hydrogen) atoms. The molecule has 0 heterocycles. The Morgan fingerprint density at radius 3 is 2.27 bits per heavy atom. The summed E-state index contributed by atoms with van der Waals surface area (Å²) in [6, 6.07) is 9.32. The minimum atomic E-state index is -2.74. The number of nitrogens with one attached hydrogen (secondary N) is 1. The molecule has 0 spiro atoms. The molecule has 4 nitrogen and oxygen atoms in total. The summed E-state index contributed by atoms with van der Waals surface area (Å²) < 4.78 is 18.3. The van der Waals surface area contributed by atoms with Gasteiger partial charge in [-0.15, -0.1) is 0 Å². The molecule has 0 radical (unpaired) electrons. The predicted molar refractivity (Wildman–Crippen MR) is 94.3 cm³/mol. The van der Waals surface area contributed by atoms with Gasteiger partial charge in [-0.3, -0.25) is 9.36 Å². The van der Waals surface area contributed by atoms with Gasteiger partial charge < -0.3 is 4.74 Å². The normalized spacial score (nSPS) is 15.6. The Kier molecular flexibility index (Phi) is 7.67. The van der Waals surface area contributed by atoms with Crippen molar-refractivity contribution in [2.75, 3.05) is 0 Å². The molecule has 0 saturated heterocycles. The van der Waals surface area contributed by atoms with Crippen molar-refractivity contribution in [3.05, 3.63) is 35.9 Å². The fourth-order valence-electron chi connectivity index (χ4n) is 1.74. The van der Waals surface area contributed by atoms with Crippen LogP contribution in [0.2, 0.25) is 0 Å². The highest BCUT2D eigenvalue weighted by molar-refractivity contribution is 8.57. The van der Waals surface area contributed by atoms with E-state index in [0.29, 0.717) is 5.75 Å². The largest absolute Gasteiger partial charge is 0.462 e. The number of hydrogen-bond donors (Lipinski definition) is 1. The Morgan fingerprint density at radius 1 is 1.18 bits per heavy atom. The van der Waals surface area contributed by atoms with E-state index >= 15 is 0 Å². The van der Waals surface area contributed by atoms with Gasteiger partial charge in [0.25, 0.3) is 0 Å². The first kappa shape index (κ1) is 19.3. The summed E-state index contributed by atoms with van der Waals surface area (Å²) in [7, 11) is 0. The van der Waals surface area contributed by atoms with Crippen molar-refractivity contribution in [2.45, 2.75) is 58.2 Å². The van der Waals surface area contributed by atoms with Gasteiger partial charge in [0.1, 0.15) is 6.04 Å². The Hall–Kier alpha value is -0.770. The zero-order chi connectivity index (χ0) is 16.8. The van der Waals surface area contributed by atoms with Gasteiger partial charge in [-0.25, -0.2) is 5.09 Å². The molecule has 0 aromatic heterocycles. The molecule has 0 fully saturated rings. The molecule has 2 atom stereocenters. The molecule has 0 aliphatic heterocycles. The molecule has 0 aliphatic rings. The molecular weight excluding hydrogens is 317 g/mol. The van der Waals surface area contributed by atoms with Gasteiger partial charge in [-0.2, -0.15) is 0 Å². The molecule has 1 N–H and O–H groups in total. The highest BCUT2D eigenvalue weighted by Gasteiger charge is 2.31. The molecule has 0 bridgehead atoms.